The molecule has 1 amide bonds. The summed E-state index contributed by atoms with van der Waals surface area (Å²) in [5.74, 6) is -0.796. The van der Waals surface area contributed by atoms with E-state index in [9.17, 15) is 14.4 Å². The van der Waals surface area contributed by atoms with Crippen LogP contribution in [0.15, 0.2) is 62.9 Å². The lowest BCUT2D eigenvalue weighted by molar-refractivity contribution is -0.141. The molecule has 0 saturated carbocycles. The smallest absolute Gasteiger partial charge is 0.303 e. The van der Waals surface area contributed by atoms with Gasteiger partial charge < -0.3 is 14.8 Å². The van der Waals surface area contributed by atoms with Crippen LogP contribution in [0.1, 0.15) is 36.4 Å². The topological polar surface area (TPSA) is 112 Å². The lowest BCUT2D eigenvalue weighted by Gasteiger charge is -2.22. The van der Waals surface area contributed by atoms with Crippen LogP contribution in [0, 0.1) is 0 Å². The standard InChI is InChI=1S/C23H20BrN3O5/c1-32-16-5-2-13(3-6-16)20-12-19(26-27(20)21(28)8-9-22(29)30)17-11-14-10-15(24)4-7-18(14)25-23(17)31/h2-7,10-11,20H,8-9,12H2,1H3,(H,25,31)(H,29,30). The third kappa shape index (κ3) is 4.43. The second kappa shape index (κ2) is 8.96. The number of fused-ring (bicyclic) bond motifs is 1. The molecule has 4 rings (SSSR count). The molecule has 1 aliphatic heterocycles. The second-order valence-corrected chi connectivity index (χ2v) is 8.33. The highest BCUT2D eigenvalue weighted by molar-refractivity contribution is 9.10. The number of pyridine rings is 1. The lowest BCUT2D eigenvalue weighted by atomic mass is 9.98. The molecule has 8 nitrogen and oxygen atoms in total. The van der Waals surface area contributed by atoms with Crippen molar-refractivity contribution in [3.63, 3.8) is 0 Å². The predicted octanol–water partition coefficient (Wildman–Crippen LogP) is 3.84. The number of hydrazone groups is 1. The van der Waals surface area contributed by atoms with Gasteiger partial charge in [-0.2, -0.15) is 5.10 Å². The zero-order valence-electron chi connectivity index (χ0n) is 17.2. The number of nitrogens with zero attached hydrogens (tertiary/aromatic N) is 2. The van der Waals surface area contributed by atoms with Crippen LogP contribution in [0.4, 0.5) is 0 Å². The zero-order valence-corrected chi connectivity index (χ0v) is 18.8. The average Bonchev–Trinajstić information content (AvgIpc) is 3.22. The van der Waals surface area contributed by atoms with Gasteiger partial charge >= 0.3 is 5.97 Å². The number of hydrogen-bond donors (Lipinski definition) is 2. The maximum absolute atomic E-state index is 12.8. The van der Waals surface area contributed by atoms with Crippen LogP contribution >= 0.6 is 15.9 Å². The van der Waals surface area contributed by atoms with Crippen LogP contribution in [-0.2, 0) is 9.59 Å². The van der Waals surface area contributed by atoms with E-state index in [2.05, 4.69) is 26.0 Å². The fraction of sp³-hybridized carbons (Fsp3) is 0.217. The number of aromatic nitrogens is 1. The summed E-state index contributed by atoms with van der Waals surface area (Å²) in [6, 6.07) is 14.1. The number of carboxylic acids is 1. The van der Waals surface area contributed by atoms with Crippen LogP contribution in [0.5, 0.6) is 5.75 Å². The number of aliphatic carboxylic acids is 1. The lowest BCUT2D eigenvalue weighted by Crippen LogP contribution is -2.27. The van der Waals surface area contributed by atoms with Gasteiger partial charge in [0.2, 0.25) is 5.91 Å². The number of H-pyrrole nitrogens is 1. The molecule has 1 atom stereocenters. The first-order valence-electron chi connectivity index (χ1n) is 9.94. The number of amides is 1. The summed E-state index contributed by atoms with van der Waals surface area (Å²) >= 11 is 3.44. The Morgan fingerprint density at radius 1 is 1.19 bits per heavy atom. The van der Waals surface area contributed by atoms with Crippen molar-refractivity contribution >= 4 is 44.4 Å². The van der Waals surface area contributed by atoms with Crippen molar-refractivity contribution < 1.29 is 19.4 Å². The van der Waals surface area contributed by atoms with Crippen molar-refractivity contribution in [2.24, 2.45) is 5.10 Å². The summed E-state index contributed by atoms with van der Waals surface area (Å²) < 4.78 is 6.08. The van der Waals surface area contributed by atoms with Gasteiger partial charge in [-0.1, -0.05) is 28.1 Å². The Labute approximate surface area is 191 Å². The SMILES string of the molecule is COc1ccc(C2CC(c3cc4cc(Br)ccc4[nH]c3=O)=NN2C(=O)CCC(=O)O)cc1. The van der Waals surface area contributed by atoms with E-state index in [0.717, 1.165) is 15.4 Å². The molecule has 2 aromatic carbocycles. The van der Waals surface area contributed by atoms with Gasteiger partial charge in [-0.15, -0.1) is 0 Å². The molecule has 3 aromatic rings. The third-order valence-electron chi connectivity index (χ3n) is 5.34. The maximum atomic E-state index is 12.8. The van der Waals surface area contributed by atoms with Gasteiger partial charge in [-0.05, 0) is 47.3 Å². The summed E-state index contributed by atoms with van der Waals surface area (Å²) in [6.07, 6.45) is -0.145. The molecule has 0 spiro atoms. The molecule has 2 N–H and O–H groups in total. The molecular formula is C23H20BrN3O5. The van der Waals surface area contributed by atoms with E-state index < -0.39 is 17.9 Å². The zero-order chi connectivity index (χ0) is 22.8. The molecular weight excluding hydrogens is 478 g/mol. The summed E-state index contributed by atoms with van der Waals surface area (Å²) in [4.78, 5) is 39.4. The summed E-state index contributed by atoms with van der Waals surface area (Å²) in [5.41, 5.74) is 2.06. The van der Waals surface area contributed by atoms with E-state index in [0.29, 0.717) is 29.0 Å². The number of halogens is 1. The minimum Gasteiger partial charge on any atom is -0.497 e. The van der Waals surface area contributed by atoms with Gasteiger partial charge in [-0.3, -0.25) is 14.4 Å². The molecule has 1 aromatic heterocycles. The molecule has 0 bridgehead atoms. The third-order valence-corrected chi connectivity index (χ3v) is 5.83. The Balaban J connectivity index is 1.73. The minimum absolute atomic E-state index is 0.181. The first-order chi connectivity index (χ1) is 15.4. The van der Waals surface area contributed by atoms with Gasteiger partial charge in [0, 0.05) is 22.8 Å². The van der Waals surface area contributed by atoms with Gasteiger partial charge in [0.15, 0.2) is 0 Å². The molecule has 0 aliphatic carbocycles. The summed E-state index contributed by atoms with van der Waals surface area (Å²) in [7, 11) is 1.57. The largest absolute Gasteiger partial charge is 0.497 e. The number of benzene rings is 2. The molecule has 1 unspecified atom stereocenters. The fourth-order valence-electron chi connectivity index (χ4n) is 3.71. The Morgan fingerprint density at radius 3 is 2.62 bits per heavy atom. The van der Waals surface area contributed by atoms with Gasteiger partial charge in [0.1, 0.15) is 5.75 Å². The number of carboxylic acid groups (broad SMARTS) is 1. The number of carbonyl (C=O) groups excluding carboxylic acids is 1. The highest BCUT2D eigenvalue weighted by Gasteiger charge is 2.34. The summed E-state index contributed by atoms with van der Waals surface area (Å²) in [5, 5.41) is 15.6. The minimum atomic E-state index is -1.06. The molecule has 164 valence electrons. The fourth-order valence-corrected chi connectivity index (χ4v) is 4.09. The second-order valence-electron chi connectivity index (χ2n) is 7.42. The van der Waals surface area contributed by atoms with Crippen molar-refractivity contribution in [1.29, 1.82) is 0 Å². The van der Waals surface area contributed by atoms with Crippen LogP contribution in [0.25, 0.3) is 10.9 Å². The highest BCUT2D eigenvalue weighted by atomic mass is 79.9. The van der Waals surface area contributed by atoms with Gasteiger partial charge in [0.25, 0.3) is 5.56 Å². The van der Waals surface area contributed by atoms with Gasteiger partial charge in [-0.25, -0.2) is 5.01 Å². The average molecular weight is 498 g/mol. The van der Waals surface area contributed by atoms with Crippen molar-refractivity contribution in [2.45, 2.75) is 25.3 Å². The number of rotatable bonds is 6. The Hall–Kier alpha value is -3.46. The van der Waals surface area contributed by atoms with Crippen molar-refractivity contribution in [3.8, 4) is 5.75 Å². The molecule has 0 fully saturated rings. The molecule has 0 saturated heterocycles. The molecule has 0 radical (unpaired) electrons. The molecule has 2 heterocycles. The van der Waals surface area contributed by atoms with Crippen molar-refractivity contribution in [3.05, 3.63) is 74.5 Å². The quantitative estimate of drug-likeness (QED) is 0.537. The van der Waals surface area contributed by atoms with E-state index in [-0.39, 0.29) is 18.4 Å². The molecule has 9 heteroatoms. The monoisotopic (exact) mass is 497 g/mol. The van der Waals surface area contributed by atoms with E-state index in [1.807, 2.05) is 30.3 Å². The van der Waals surface area contributed by atoms with E-state index in [1.54, 1.807) is 25.3 Å². The van der Waals surface area contributed by atoms with Crippen LogP contribution in [0.2, 0.25) is 0 Å². The van der Waals surface area contributed by atoms with Crippen LogP contribution < -0.4 is 10.3 Å². The number of nitrogens with one attached hydrogen (secondary N) is 1. The van der Waals surface area contributed by atoms with E-state index in [4.69, 9.17) is 9.84 Å². The van der Waals surface area contributed by atoms with Crippen molar-refractivity contribution in [1.82, 2.24) is 9.99 Å². The van der Waals surface area contributed by atoms with E-state index >= 15 is 0 Å². The Morgan fingerprint density at radius 2 is 1.94 bits per heavy atom. The van der Waals surface area contributed by atoms with Crippen LogP contribution in [0.3, 0.4) is 0 Å². The Kier molecular flexibility index (Phi) is 6.09. The number of hydrogen-bond acceptors (Lipinski definition) is 5. The number of aromatic amines is 1. The van der Waals surface area contributed by atoms with Crippen molar-refractivity contribution in [2.75, 3.05) is 7.11 Å². The normalized spacial score (nSPS) is 15.6. The maximum Gasteiger partial charge on any atom is 0.303 e. The number of carbonyl (C=O) groups is 2. The molecule has 32 heavy (non-hydrogen) atoms. The van der Waals surface area contributed by atoms with Gasteiger partial charge in [0.05, 0.1) is 30.8 Å². The molecule has 1 aliphatic rings. The Bertz CT molecular complexity index is 1280. The number of ether oxygens (including phenoxy) is 1. The van der Waals surface area contributed by atoms with Crippen LogP contribution in [-0.4, -0.2) is 39.8 Å². The summed E-state index contributed by atoms with van der Waals surface area (Å²) in [6.45, 7) is 0. The number of methoxy groups -OCH3 is 1. The van der Waals surface area contributed by atoms with E-state index in [1.165, 1.54) is 5.01 Å². The first kappa shape index (κ1) is 21.8. The predicted molar refractivity (Wildman–Crippen MR) is 123 cm³/mol. The first-order valence-corrected chi connectivity index (χ1v) is 10.7. The highest BCUT2D eigenvalue weighted by Crippen LogP contribution is 2.34.